The van der Waals surface area contributed by atoms with Gasteiger partial charge >= 0.3 is 0 Å². The Bertz CT molecular complexity index is 1660. The van der Waals surface area contributed by atoms with Gasteiger partial charge in [-0.15, -0.1) is 0 Å². The van der Waals surface area contributed by atoms with Gasteiger partial charge in [0.2, 0.25) is 0 Å². The number of imidazole rings is 1. The number of nitrogens with zero attached hydrogens (tertiary/aromatic N) is 5. The van der Waals surface area contributed by atoms with Crippen LogP contribution in [0, 0.1) is 5.82 Å². The van der Waals surface area contributed by atoms with Gasteiger partial charge < -0.3 is 10.3 Å². The molecule has 4 heterocycles. The van der Waals surface area contributed by atoms with E-state index in [2.05, 4.69) is 60.0 Å². The smallest absolute Gasteiger partial charge is 0.178 e. The summed E-state index contributed by atoms with van der Waals surface area (Å²) in [4.78, 5) is 21.3. The molecule has 0 saturated heterocycles. The van der Waals surface area contributed by atoms with Gasteiger partial charge in [-0.2, -0.15) is 5.10 Å². The SMILES string of the molecule is C=c1[nH]nc(-c2nc3nccc(-c4ccc(F)cc4)c3[nH]2)/c1=C/C(=NC)c1cncc(CNCC)c1. The van der Waals surface area contributed by atoms with E-state index in [0.717, 1.165) is 51.8 Å². The minimum Gasteiger partial charge on any atom is -0.335 e. The van der Waals surface area contributed by atoms with Gasteiger partial charge in [0.25, 0.3) is 0 Å². The second-order valence-electron chi connectivity index (χ2n) is 8.23. The van der Waals surface area contributed by atoms with Crippen molar-refractivity contribution in [1.82, 2.24) is 35.5 Å². The Balaban J connectivity index is 1.59. The summed E-state index contributed by atoms with van der Waals surface area (Å²) in [5.41, 5.74) is 6.31. The molecule has 0 amide bonds. The number of rotatable bonds is 7. The maximum Gasteiger partial charge on any atom is 0.178 e. The zero-order chi connectivity index (χ0) is 25.1. The molecule has 0 spiro atoms. The van der Waals surface area contributed by atoms with E-state index in [1.165, 1.54) is 12.1 Å². The molecule has 0 aliphatic rings. The van der Waals surface area contributed by atoms with E-state index in [9.17, 15) is 4.39 Å². The molecule has 8 nitrogen and oxygen atoms in total. The Hall–Kier alpha value is -4.50. The van der Waals surface area contributed by atoms with Crippen LogP contribution in [0.25, 0.3) is 46.5 Å². The van der Waals surface area contributed by atoms with Gasteiger partial charge in [0, 0.05) is 48.5 Å². The zero-order valence-corrected chi connectivity index (χ0v) is 20.0. The number of hydrogen-bond acceptors (Lipinski definition) is 6. The van der Waals surface area contributed by atoms with Crippen molar-refractivity contribution in [2.75, 3.05) is 13.6 Å². The highest BCUT2D eigenvalue weighted by molar-refractivity contribution is 6.21. The molecule has 0 radical (unpaired) electrons. The Labute approximate surface area is 206 Å². The van der Waals surface area contributed by atoms with Crippen molar-refractivity contribution in [2.45, 2.75) is 13.5 Å². The first-order valence-corrected chi connectivity index (χ1v) is 11.5. The Morgan fingerprint density at radius 2 is 2.03 bits per heavy atom. The first-order chi connectivity index (χ1) is 17.6. The lowest BCUT2D eigenvalue weighted by Gasteiger charge is -2.05. The third-order valence-electron chi connectivity index (χ3n) is 5.85. The third-order valence-corrected chi connectivity index (χ3v) is 5.85. The second kappa shape index (κ2) is 10.0. The molecule has 5 rings (SSSR count). The van der Waals surface area contributed by atoms with Gasteiger partial charge in [0.15, 0.2) is 11.5 Å². The van der Waals surface area contributed by atoms with Crippen LogP contribution in [0.15, 0.2) is 60.0 Å². The monoisotopic (exact) mass is 480 g/mol. The summed E-state index contributed by atoms with van der Waals surface area (Å²) in [5.74, 6) is 0.253. The van der Waals surface area contributed by atoms with Gasteiger partial charge in [0.05, 0.1) is 16.6 Å². The third kappa shape index (κ3) is 4.56. The highest BCUT2D eigenvalue weighted by Crippen LogP contribution is 2.27. The number of benzene rings is 1. The summed E-state index contributed by atoms with van der Waals surface area (Å²) in [7, 11) is 1.74. The quantitative estimate of drug-likeness (QED) is 0.311. The Morgan fingerprint density at radius 1 is 1.19 bits per heavy atom. The number of hydrogen-bond donors (Lipinski definition) is 3. The topological polar surface area (TPSA) is 108 Å². The van der Waals surface area contributed by atoms with Gasteiger partial charge in [-0.1, -0.05) is 25.6 Å². The number of fused-ring (bicyclic) bond motifs is 1. The van der Waals surface area contributed by atoms with Crippen LogP contribution >= 0.6 is 0 Å². The molecule has 4 aromatic heterocycles. The van der Waals surface area contributed by atoms with Gasteiger partial charge in [-0.3, -0.25) is 15.1 Å². The van der Waals surface area contributed by atoms with Crippen LogP contribution in [0.5, 0.6) is 0 Å². The lowest BCUT2D eigenvalue weighted by Crippen LogP contribution is -2.24. The van der Waals surface area contributed by atoms with E-state index >= 15 is 0 Å². The highest BCUT2D eigenvalue weighted by Gasteiger charge is 2.15. The van der Waals surface area contributed by atoms with E-state index in [1.54, 1.807) is 31.6 Å². The molecule has 0 saturated carbocycles. The lowest BCUT2D eigenvalue weighted by atomic mass is 10.1. The first-order valence-electron chi connectivity index (χ1n) is 11.5. The predicted molar refractivity (Wildman–Crippen MR) is 140 cm³/mol. The van der Waals surface area contributed by atoms with Crippen LogP contribution < -0.4 is 15.9 Å². The van der Waals surface area contributed by atoms with Crippen LogP contribution in [-0.4, -0.2) is 49.4 Å². The van der Waals surface area contributed by atoms with Crippen molar-refractivity contribution in [1.29, 1.82) is 0 Å². The van der Waals surface area contributed by atoms with Crippen LogP contribution in [0.4, 0.5) is 4.39 Å². The van der Waals surface area contributed by atoms with E-state index in [4.69, 9.17) is 0 Å². The van der Waals surface area contributed by atoms with Gasteiger partial charge in [-0.05, 0) is 48.0 Å². The molecule has 0 atom stereocenters. The van der Waals surface area contributed by atoms with Gasteiger partial charge in [-0.25, -0.2) is 14.4 Å². The molecule has 180 valence electrons. The number of halogens is 1. The number of nitrogens with one attached hydrogen (secondary N) is 3. The zero-order valence-electron chi connectivity index (χ0n) is 20.0. The maximum atomic E-state index is 13.5. The fraction of sp³-hybridized carbons (Fsp3) is 0.148. The lowest BCUT2D eigenvalue weighted by molar-refractivity contribution is 0.628. The van der Waals surface area contributed by atoms with Crippen molar-refractivity contribution in [3.05, 3.63) is 82.5 Å². The predicted octanol–water partition coefficient (Wildman–Crippen LogP) is 2.97. The normalized spacial score (nSPS) is 12.5. The fourth-order valence-corrected chi connectivity index (χ4v) is 4.02. The summed E-state index contributed by atoms with van der Waals surface area (Å²) in [6, 6.07) is 10.3. The van der Waals surface area contributed by atoms with Crippen molar-refractivity contribution in [2.24, 2.45) is 4.99 Å². The molecule has 5 aromatic rings. The maximum absolute atomic E-state index is 13.5. The Morgan fingerprint density at radius 3 is 2.81 bits per heavy atom. The fourth-order valence-electron chi connectivity index (χ4n) is 4.02. The Kier molecular flexibility index (Phi) is 6.46. The van der Waals surface area contributed by atoms with Crippen molar-refractivity contribution >= 4 is 29.5 Å². The number of aromatic amines is 2. The number of aromatic nitrogens is 6. The van der Waals surface area contributed by atoms with E-state index in [1.807, 2.05) is 18.3 Å². The van der Waals surface area contributed by atoms with Crippen LogP contribution in [0.3, 0.4) is 0 Å². The molecule has 0 bridgehead atoms. The molecule has 0 unspecified atom stereocenters. The molecule has 36 heavy (non-hydrogen) atoms. The number of aliphatic imine (C=N–C) groups is 1. The molecule has 9 heteroatoms. The minimum absolute atomic E-state index is 0.287. The van der Waals surface area contributed by atoms with Gasteiger partial charge in [0.1, 0.15) is 11.5 Å². The van der Waals surface area contributed by atoms with Crippen molar-refractivity contribution in [3.63, 3.8) is 0 Å². The molecule has 1 aromatic carbocycles. The number of H-pyrrole nitrogens is 2. The summed E-state index contributed by atoms with van der Waals surface area (Å²) in [5, 5.41) is 12.1. The number of pyridine rings is 2. The van der Waals surface area contributed by atoms with E-state index < -0.39 is 0 Å². The van der Waals surface area contributed by atoms with Crippen molar-refractivity contribution in [3.8, 4) is 22.6 Å². The molecular formula is C27H25FN8. The summed E-state index contributed by atoms with van der Waals surface area (Å²) in [6.45, 7) is 7.79. The van der Waals surface area contributed by atoms with Crippen molar-refractivity contribution < 1.29 is 4.39 Å². The molecule has 3 N–H and O–H groups in total. The van der Waals surface area contributed by atoms with E-state index in [-0.39, 0.29) is 5.82 Å². The molecule has 0 aliphatic carbocycles. The second-order valence-corrected chi connectivity index (χ2v) is 8.23. The van der Waals surface area contributed by atoms with E-state index in [0.29, 0.717) is 22.5 Å². The van der Waals surface area contributed by atoms with Crippen LogP contribution in [0.1, 0.15) is 18.1 Å². The molecule has 0 aliphatic heterocycles. The van der Waals surface area contributed by atoms with Crippen LogP contribution in [0.2, 0.25) is 0 Å². The summed E-state index contributed by atoms with van der Waals surface area (Å²) in [6.07, 6.45) is 7.24. The first kappa shape index (κ1) is 23.3. The minimum atomic E-state index is -0.287. The summed E-state index contributed by atoms with van der Waals surface area (Å²) < 4.78 is 13.5. The molecular weight excluding hydrogens is 455 g/mol. The average Bonchev–Trinajstić information content (AvgIpc) is 3.49. The van der Waals surface area contributed by atoms with Crippen LogP contribution in [-0.2, 0) is 6.54 Å². The summed E-state index contributed by atoms with van der Waals surface area (Å²) >= 11 is 0. The molecule has 0 fully saturated rings. The average molecular weight is 481 g/mol. The highest BCUT2D eigenvalue weighted by atomic mass is 19.1. The largest absolute Gasteiger partial charge is 0.335 e. The standard InChI is InChI=1S/C27H25FN8/c1-4-30-13-17-11-19(15-31-14-17)23(29-3)12-22-16(2)35-36-25(22)27-33-24-21(9-10-32-26(24)34-27)18-5-7-20(28)8-6-18/h5-12,14-15,30,35H,2,4,13H2,1,3H3,(H,32,33,34)/b22-12+,29-23?.